The van der Waals surface area contributed by atoms with Crippen molar-refractivity contribution in [1.29, 1.82) is 0 Å². The Balaban J connectivity index is 1.86. The zero-order valence-electron chi connectivity index (χ0n) is 16.2. The van der Waals surface area contributed by atoms with Gasteiger partial charge in [-0.2, -0.15) is 0 Å². The third-order valence-corrected chi connectivity index (χ3v) is 3.93. The van der Waals surface area contributed by atoms with Crippen LogP contribution >= 0.6 is 0 Å². The van der Waals surface area contributed by atoms with Gasteiger partial charge in [0.05, 0.1) is 6.61 Å². The Bertz CT molecular complexity index is 801. The molecular formula is C22H26N2O3. The standard InChI is InChI=1S/C22H26N2O3/c1-5-27-19-13-6-16(7-14-19)8-15-20(25)23-24-21(26)17-9-11-18(12-10-17)22(2,3)4/h6-15H,5H2,1-4H3,(H,23,25)(H,24,26)/b15-8+. The van der Waals surface area contributed by atoms with E-state index in [0.29, 0.717) is 12.2 Å². The van der Waals surface area contributed by atoms with Crippen LogP contribution in [0, 0.1) is 0 Å². The number of hydrazine groups is 1. The van der Waals surface area contributed by atoms with Crippen molar-refractivity contribution in [2.45, 2.75) is 33.1 Å². The highest BCUT2D eigenvalue weighted by molar-refractivity contribution is 5.97. The number of nitrogens with one attached hydrogen (secondary N) is 2. The molecule has 2 amide bonds. The monoisotopic (exact) mass is 366 g/mol. The predicted molar refractivity (Wildman–Crippen MR) is 107 cm³/mol. The van der Waals surface area contributed by atoms with Crippen molar-refractivity contribution in [3.8, 4) is 5.75 Å². The number of carbonyl (C=O) groups excluding carboxylic acids is 2. The number of benzene rings is 2. The largest absolute Gasteiger partial charge is 0.494 e. The molecule has 0 aliphatic carbocycles. The van der Waals surface area contributed by atoms with Gasteiger partial charge in [-0.25, -0.2) is 0 Å². The van der Waals surface area contributed by atoms with Crippen LogP contribution in [0.3, 0.4) is 0 Å². The molecule has 2 N–H and O–H groups in total. The lowest BCUT2D eigenvalue weighted by molar-refractivity contribution is -0.117. The van der Waals surface area contributed by atoms with Crippen molar-refractivity contribution in [2.24, 2.45) is 0 Å². The topological polar surface area (TPSA) is 67.4 Å². The van der Waals surface area contributed by atoms with Gasteiger partial charge in [-0.1, -0.05) is 45.0 Å². The van der Waals surface area contributed by atoms with Crippen LogP contribution in [0.15, 0.2) is 54.6 Å². The van der Waals surface area contributed by atoms with Crippen LogP contribution in [0.25, 0.3) is 6.08 Å². The van der Waals surface area contributed by atoms with Crippen LogP contribution in [0.1, 0.15) is 49.2 Å². The lowest BCUT2D eigenvalue weighted by atomic mass is 9.87. The van der Waals surface area contributed by atoms with Crippen LogP contribution in [0.4, 0.5) is 0 Å². The number of carbonyl (C=O) groups is 2. The van der Waals surface area contributed by atoms with Gasteiger partial charge in [0.1, 0.15) is 5.75 Å². The van der Waals surface area contributed by atoms with Crippen molar-refractivity contribution in [1.82, 2.24) is 10.9 Å². The molecule has 0 atom stereocenters. The molecule has 2 rings (SSSR count). The minimum Gasteiger partial charge on any atom is -0.494 e. The third-order valence-electron chi connectivity index (χ3n) is 3.93. The molecule has 0 aromatic heterocycles. The maximum atomic E-state index is 12.1. The highest BCUT2D eigenvalue weighted by atomic mass is 16.5. The fourth-order valence-corrected chi connectivity index (χ4v) is 2.37. The van der Waals surface area contributed by atoms with Crippen LogP contribution in [-0.2, 0) is 10.2 Å². The molecule has 5 nitrogen and oxygen atoms in total. The smallest absolute Gasteiger partial charge is 0.269 e. The molecule has 0 saturated heterocycles. The van der Waals surface area contributed by atoms with Crippen molar-refractivity contribution < 1.29 is 14.3 Å². The van der Waals surface area contributed by atoms with E-state index >= 15 is 0 Å². The number of ether oxygens (including phenoxy) is 1. The minimum atomic E-state index is -0.413. The molecule has 0 bridgehead atoms. The SMILES string of the molecule is CCOc1ccc(/C=C/C(=O)NNC(=O)c2ccc(C(C)(C)C)cc2)cc1. The molecule has 0 spiro atoms. The molecule has 142 valence electrons. The Morgan fingerprint density at radius 2 is 1.59 bits per heavy atom. The van der Waals surface area contributed by atoms with E-state index in [2.05, 4.69) is 31.6 Å². The molecule has 27 heavy (non-hydrogen) atoms. The van der Waals surface area contributed by atoms with Crippen LogP contribution < -0.4 is 15.6 Å². The Morgan fingerprint density at radius 3 is 2.15 bits per heavy atom. The fraction of sp³-hybridized carbons (Fsp3) is 0.273. The molecule has 0 radical (unpaired) electrons. The molecule has 0 aliphatic heterocycles. The first-order chi connectivity index (χ1) is 12.8. The van der Waals surface area contributed by atoms with Gasteiger partial charge in [0.15, 0.2) is 0 Å². The summed E-state index contributed by atoms with van der Waals surface area (Å²) in [5, 5.41) is 0. The number of amides is 2. The molecule has 0 unspecified atom stereocenters. The van der Waals surface area contributed by atoms with E-state index in [0.717, 1.165) is 16.9 Å². The maximum absolute atomic E-state index is 12.1. The summed E-state index contributed by atoms with van der Waals surface area (Å²) < 4.78 is 5.37. The summed E-state index contributed by atoms with van der Waals surface area (Å²) in [6.45, 7) is 8.86. The van der Waals surface area contributed by atoms with Gasteiger partial charge < -0.3 is 4.74 Å². The summed E-state index contributed by atoms with van der Waals surface area (Å²) in [6.07, 6.45) is 3.02. The van der Waals surface area contributed by atoms with Gasteiger partial charge >= 0.3 is 0 Å². The van der Waals surface area contributed by atoms with Crippen LogP contribution in [0.2, 0.25) is 0 Å². The first-order valence-electron chi connectivity index (χ1n) is 8.91. The first kappa shape index (κ1) is 20.2. The Hall–Kier alpha value is -3.08. The van der Waals surface area contributed by atoms with Gasteiger partial charge in [-0.15, -0.1) is 0 Å². The van der Waals surface area contributed by atoms with Crippen LogP contribution in [-0.4, -0.2) is 18.4 Å². The number of hydrogen-bond acceptors (Lipinski definition) is 3. The van der Waals surface area contributed by atoms with Gasteiger partial charge in [0.2, 0.25) is 0 Å². The van der Waals surface area contributed by atoms with E-state index in [9.17, 15) is 9.59 Å². The molecule has 0 aliphatic rings. The second-order valence-electron chi connectivity index (χ2n) is 7.11. The predicted octanol–water partition coefficient (Wildman–Crippen LogP) is 3.86. The summed E-state index contributed by atoms with van der Waals surface area (Å²) in [5.74, 6) is 0.00525. The summed E-state index contributed by atoms with van der Waals surface area (Å²) in [6, 6.07) is 14.7. The molecule has 0 heterocycles. The lowest BCUT2D eigenvalue weighted by Gasteiger charge is -2.19. The average molecular weight is 366 g/mol. The van der Waals surface area contributed by atoms with Gasteiger partial charge in [-0.3, -0.25) is 20.4 Å². The average Bonchev–Trinajstić information content (AvgIpc) is 2.65. The first-order valence-corrected chi connectivity index (χ1v) is 8.91. The zero-order chi connectivity index (χ0) is 19.9. The summed E-state index contributed by atoms with van der Waals surface area (Å²) in [5.41, 5.74) is 7.29. The molecule has 0 fully saturated rings. The molecule has 5 heteroatoms. The van der Waals surface area contributed by atoms with E-state index in [1.807, 2.05) is 43.3 Å². The van der Waals surface area contributed by atoms with Crippen molar-refractivity contribution in [2.75, 3.05) is 6.61 Å². The van der Waals surface area contributed by atoms with Crippen molar-refractivity contribution in [3.63, 3.8) is 0 Å². The minimum absolute atomic E-state index is 0.0227. The van der Waals surface area contributed by atoms with Crippen molar-refractivity contribution in [3.05, 3.63) is 71.3 Å². The molecule has 2 aromatic rings. The Kier molecular flexibility index (Phi) is 6.77. The summed E-state index contributed by atoms with van der Waals surface area (Å²) >= 11 is 0. The summed E-state index contributed by atoms with van der Waals surface area (Å²) in [7, 11) is 0. The van der Waals surface area contributed by atoms with Crippen LogP contribution in [0.5, 0.6) is 5.75 Å². The van der Waals surface area contributed by atoms with E-state index < -0.39 is 5.91 Å². The lowest BCUT2D eigenvalue weighted by Crippen LogP contribution is -2.40. The maximum Gasteiger partial charge on any atom is 0.269 e. The zero-order valence-corrected chi connectivity index (χ0v) is 16.2. The fourth-order valence-electron chi connectivity index (χ4n) is 2.37. The van der Waals surface area contributed by atoms with Gasteiger partial charge in [-0.05, 0) is 53.8 Å². The highest BCUT2D eigenvalue weighted by Gasteiger charge is 2.14. The van der Waals surface area contributed by atoms with Gasteiger partial charge in [0.25, 0.3) is 11.8 Å². The highest BCUT2D eigenvalue weighted by Crippen LogP contribution is 2.22. The molecule has 0 saturated carbocycles. The van der Waals surface area contributed by atoms with Crippen molar-refractivity contribution >= 4 is 17.9 Å². The van der Waals surface area contributed by atoms with E-state index in [4.69, 9.17) is 4.74 Å². The summed E-state index contributed by atoms with van der Waals surface area (Å²) in [4.78, 5) is 24.0. The second kappa shape index (κ2) is 9.03. The number of hydrogen-bond donors (Lipinski definition) is 2. The van der Waals surface area contributed by atoms with E-state index in [1.54, 1.807) is 18.2 Å². The van der Waals surface area contributed by atoms with E-state index in [1.165, 1.54) is 6.08 Å². The quantitative estimate of drug-likeness (QED) is 0.624. The molecular weight excluding hydrogens is 340 g/mol. The third kappa shape index (κ3) is 6.29. The van der Waals surface area contributed by atoms with E-state index in [-0.39, 0.29) is 11.3 Å². The van der Waals surface area contributed by atoms with Gasteiger partial charge in [0, 0.05) is 11.6 Å². The molecule has 2 aromatic carbocycles. The number of rotatable bonds is 5. The second-order valence-corrected chi connectivity index (χ2v) is 7.11. The normalized spacial score (nSPS) is 11.3. The Morgan fingerprint density at radius 1 is 0.963 bits per heavy atom. The Labute approximate surface area is 160 Å².